The van der Waals surface area contributed by atoms with E-state index in [1.54, 1.807) is 12.1 Å². The molecule has 2 aliphatic rings. The molecule has 1 aromatic heterocycles. The van der Waals surface area contributed by atoms with E-state index < -0.39 is 84.6 Å². The molecule has 3 heterocycles. The summed E-state index contributed by atoms with van der Waals surface area (Å²) in [5.41, 5.74) is 0.313. The Morgan fingerprint density at radius 1 is 0.821 bits per heavy atom. The maximum atomic E-state index is 12.6. The molecule has 1 aromatic carbocycles. The predicted molar refractivity (Wildman–Crippen MR) is 132 cm³/mol. The molecule has 15 nitrogen and oxygen atoms in total. The van der Waals surface area contributed by atoms with Crippen LogP contribution in [0.1, 0.15) is 0 Å². The van der Waals surface area contributed by atoms with Crippen molar-refractivity contribution in [2.45, 2.75) is 66.2 Å². The molecule has 0 aliphatic carbocycles. The van der Waals surface area contributed by atoms with E-state index in [1.807, 2.05) is 0 Å². The summed E-state index contributed by atoms with van der Waals surface area (Å²) in [6.07, 6.45) is -13.9. The maximum absolute atomic E-state index is 12.6. The molecule has 0 spiro atoms. The Morgan fingerprint density at radius 3 is 2.13 bits per heavy atom. The van der Waals surface area contributed by atoms with Gasteiger partial charge < -0.3 is 55.3 Å². The van der Waals surface area contributed by atoms with E-state index in [0.717, 1.165) is 0 Å². The molecule has 0 bridgehead atoms. The summed E-state index contributed by atoms with van der Waals surface area (Å²) in [6.45, 7) is -1.40. The van der Waals surface area contributed by atoms with E-state index in [0.29, 0.717) is 5.69 Å². The number of aromatic nitrogens is 1. The van der Waals surface area contributed by atoms with Gasteiger partial charge in [-0.25, -0.2) is 13.4 Å². The Bertz CT molecular complexity index is 1170. The fourth-order valence-corrected chi connectivity index (χ4v) is 5.23. The van der Waals surface area contributed by atoms with Gasteiger partial charge in [-0.15, -0.1) is 0 Å². The van der Waals surface area contributed by atoms with Crippen molar-refractivity contribution in [1.82, 2.24) is 4.98 Å². The van der Waals surface area contributed by atoms with Gasteiger partial charge in [-0.3, -0.25) is 4.72 Å². The molecule has 16 heteroatoms. The third-order valence-electron chi connectivity index (χ3n) is 6.38. The number of rotatable bonds is 9. The molecule has 0 amide bonds. The standard InChI is InChI=1S/C23H31N3O12S/c27-9-13-16(29)17(30)20(33)23(37-13)38-21-14(10-28)36-22(19(32)18(21)31)25-11-4-6-12(7-5-11)39(34,35)26-15-3-1-2-8-24-15/h1-8,13-14,16-23,25,27-33H,9-10H2,(H,24,26)/t13-,14-,16+,17+,18-,19-,20-,21-,22-,23+/m1/s1. The van der Waals surface area contributed by atoms with Crippen molar-refractivity contribution in [2.24, 2.45) is 0 Å². The molecular formula is C23H31N3O12S. The number of nitrogens with one attached hydrogen (secondary N) is 2. The first-order valence-electron chi connectivity index (χ1n) is 11.9. The highest BCUT2D eigenvalue weighted by atomic mass is 32.2. The van der Waals surface area contributed by atoms with Crippen LogP contribution in [0.5, 0.6) is 0 Å². The fourth-order valence-electron chi connectivity index (χ4n) is 4.22. The highest BCUT2D eigenvalue weighted by Crippen LogP contribution is 2.30. The monoisotopic (exact) mass is 573 g/mol. The minimum Gasteiger partial charge on any atom is -0.394 e. The molecule has 2 aromatic rings. The lowest BCUT2D eigenvalue weighted by atomic mass is 9.96. The van der Waals surface area contributed by atoms with E-state index in [1.165, 1.54) is 36.5 Å². The quantitative estimate of drug-likeness (QED) is 0.145. The van der Waals surface area contributed by atoms with Gasteiger partial charge in [0.1, 0.15) is 54.6 Å². The first-order valence-corrected chi connectivity index (χ1v) is 13.4. The Morgan fingerprint density at radius 2 is 1.51 bits per heavy atom. The highest BCUT2D eigenvalue weighted by Gasteiger charge is 2.50. The third-order valence-corrected chi connectivity index (χ3v) is 7.75. The Labute approximate surface area is 223 Å². The number of nitrogens with zero attached hydrogens (tertiary/aromatic N) is 1. The van der Waals surface area contributed by atoms with Gasteiger partial charge in [0.2, 0.25) is 0 Å². The van der Waals surface area contributed by atoms with Crippen LogP contribution in [0.3, 0.4) is 0 Å². The minimum atomic E-state index is -3.93. The molecule has 0 unspecified atom stereocenters. The second-order valence-electron chi connectivity index (χ2n) is 9.05. The highest BCUT2D eigenvalue weighted by molar-refractivity contribution is 7.92. The topological polar surface area (TPSA) is 240 Å². The number of anilines is 2. The molecule has 2 saturated heterocycles. The zero-order chi connectivity index (χ0) is 28.3. The van der Waals surface area contributed by atoms with Crippen LogP contribution in [0.15, 0.2) is 53.6 Å². The Balaban J connectivity index is 1.42. The van der Waals surface area contributed by atoms with Crippen LogP contribution in [-0.2, 0) is 24.2 Å². The molecule has 2 fully saturated rings. The first-order chi connectivity index (χ1) is 18.6. The molecule has 216 valence electrons. The van der Waals surface area contributed by atoms with Gasteiger partial charge >= 0.3 is 0 Å². The van der Waals surface area contributed by atoms with Crippen molar-refractivity contribution in [3.63, 3.8) is 0 Å². The van der Waals surface area contributed by atoms with Gasteiger partial charge in [0.15, 0.2) is 12.5 Å². The minimum absolute atomic E-state index is 0.0647. The number of sulfonamides is 1. The van der Waals surface area contributed by atoms with E-state index in [4.69, 9.17) is 14.2 Å². The number of pyridine rings is 1. The lowest BCUT2D eigenvalue weighted by Crippen LogP contribution is -2.65. The summed E-state index contributed by atoms with van der Waals surface area (Å²) in [4.78, 5) is 3.85. The second-order valence-corrected chi connectivity index (χ2v) is 10.7. The van der Waals surface area contributed by atoms with Crippen molar-refractivity contribution < 1.29 is 58.4 Å². The lowest BCUT2D eigenvalue weighted by Gasteiger charge is -2.46. The zero-order valence-corrected chi connectivity index (χ0v) is 21.2. The van der Waals surface area contributed by atoms with Gasteiger partial charge in [-0.2, -0.15) is 0 Å². The van der Waals surface area contributed by atoms with Gasteiger partial charge in [-0.05, 0) is 36.4 Å². The smallest absolute Gasteiger partial charge is 0.263 e. The predicted octanol–water partition coefficient (Wildman–Crippen LogP) is -3.08. The number of benzene rings is 1. The molecule has 2 aliphatic heterocycles. The van der Waals surface area contributed by atoms with Crippen molar-refractivity contribution in [3.05, 3.63) is 48.7 Å². The zero-order valence-electron chi connectivity index (χ0n) is 20.3. The van der Waals surface area contributed by atoms with Crippen LogP contribution in [0.4, 0.5) is 11.5 Å². The fraction of sp³-hybridized carbons (Fsp3) is 0.522. The summed E-state index contributed by atoms with van der Waals surface area (Å²) in [6, 6.07) is 10.2. The average Bonchev–Trinajstić information content (AvgIpc) is 2.93. The van der Waals surface area contributed by atoms with E-state index in [2.05, 4.69) is 15.0 Å². The molecule has 10 atom stereocenters. The lowest BCUT2D eigenvalue weighted by molar-refractivity contribution is -0.340. The van der Waals surface area contributed by atoms with Crippen molar-refractivity contribution >= 4 is 21.5 Å². The van der Waals surface area contributed by atoms with Gasteiger partial charge in [-0.1, -0.05) is 6.07 Å². The van der Waals surface area contributed by atoms with Crippen LogP contribution in [0.2, 0.25) is 0 Å². The number of aliphatic hydroxyl groups excluding tert-OH is 7. The first kappa shape index (κ1) is 29.5. The SMILES string of the molecule is O=S(=O)(Nc1ccccn1)c1ccc(N[C@@H]2O[C@H](CO)[C@@H](O[C@@H]3O[C@H](CO)[C@H](O)[C@H](O)[C@H]3O)[C@H](O)[C@H]2O)cc1. The summed E-state index contributed by atoms with van der Waals surface area (Å²) >= 11 is 0. The summed E-state index contributed by atoms with van der Waals surface area (Å²) in [5, 5.41) is 73.5. The van der Waals surface area contributed by atoms with Crippen LogP contribution < -0.4 is 10.0 Å². The molecule has 39 heavy (non-hydrogen) atoms. The van der Waals surface area contributed by atoms with E-state index in [-0.39, 0.29) is 10.7 Å². The van der Waals surface area contributed by atoms with Crippen molar-refractivity contribution in [2.75, 3.05) is 23.3 Å². The van der Waals surface area contributed by atoms with E-state index >= 15 is 0 Å². The number of ether oxygens (including phenoxy) is 3. The van der Waals surface area contributed by atoms with Crippen molar-refractivity contribution in [1.29, 1.82) is 0 Å². The van der Waals surface area contributed by atoms with Crippen LogP contribution in [-0.4, -0.2) is 124 Å². The van der Waals surface area contributed by atoms with Gasteiger partial charge in [0.25, 0.3) is 10.0 Å². The molecular weight excluding hydrogens is 542 g/mol. The second kappa shape index (κ2) is 12.4. The average molecular weight is 574 g/mol. The van der Waals surface area contributed by atoms with Crippen LogP contribution in [0, 0.1) is 0 Å². The summed E-state index contributed by atoms with van der Waals surface area (Å²) in [5.74, 6) is 0.142. The van der Waals surface area contributed by atoms with Gasteiger partial charge in [0.05, 0.1) is 18.1 Å². The summed E-state index contributed by atoms with van der Waals surface area (Å²) < 4.78 is 44.0. The largest absolute Gasteiger partial charge is 0.394 e. The molecule has 9 N–H and O–H groups in total. The Hall–Kier alpha value is -2.48. The Kier molecular flexibility index (Phi) is 9.35. The van der Waals surface area contributed by atoms with Crippen LogP contribution >= 0.6 is 0 Å². The molecule has 0 saturated carbocycles. The normalized spacial score (nSPS) is 35.4. The third kappa shape index (κ3) is 6.47. The number of hydrogen-bond donors (Lipinski definition) is 9. The maximum Gasteiger partial charge on any atom is 0.263 e. The number of aliphatic hydroxyl groups is 7. The van der Waals surface area contributed by atoms with E-state index in [9.17, 15) is 44.2 Å². The number of hydrogen-bond acceptors (Lipinski definition) is 14. The van der Waals surface area contributed by atoms with Crippen molar-refractivity contribution in [3.8, 4) is 0 Å². The summed E-state index contributed by atoms with van der Waals surface area (Å²) in [7, 11) is -3.93. The molecule has 0 radical (unpaired) electrons. The van der Waals surface area contributed by atoms with Crippen LogP contribution in [0.25, 0.3) is 0 Å². The molecule has 4 rings (SSSR count). The van der Waals surface area contributed by atoms with Gasteiger partial charge in [0, 0.05) is 11.9 Å².